The summed E-state index contributed by atoms with van der Waals surface area (Å²) in [7, 11) is 1.12. The number of imide groups is 1. The molecule has 0 unspecified atom stereocenters. The van der Waals surface area contributed by atoms with Crippen molar-refractivity contribution in [3.8, 4) is 5.75 Å². The van der Waals surface area contributed by atoms with Gasteiger partial charge in [0.1, 0.15) is 11.8 Å². The number of anilines is 2. The molecule has 4 N–H and O–H groups in total. The van der Waals surface area contributed by atoms with E-state index < -0.39 is 90.0 Å². The van der Waals surface area contributed by atoms with Crippen LogP contribution in [0.2, 0.25) is 0 Å². The zero-order valence-corrected chi connectivity index (χ0v) is 32.3. The number of carboxylic acids is 1. The minimum Gasteiger partial charge on any atom is -1.00 e. The predicted octanol–water partition coefficient (Wildman–Crippen LogP) is 4.14. The number of nitrogens with one attached hydrogen (secondary N) is 3. The number of nitrogens with zero attached hydrogens (tertiary/aromatic N) is 2. The van der Waals surface area contributed by atoms with E-state index in [-0.39, 0.29) is 58.4 Å². The maximum absolute atomic E-state index is 14.9. The standard InChI is InChI=1S/C36H37F6N5O7.Na.H/c1-20(2)16-27(30(50)43-26(18-29(48)49)23-11-6-5-7-12-23)47-31(51)34(35(37,38)39,36(40,41)42)46(33(47)53)19-22-14-15-25(28(17-22)54-4)45-32(52)44-24-13-9-8-10-21(24)3;;/h5-15,17,20,26-27H,16,18-19H2,1-4H3,(H,43,50)(H,48,49)(H2,44,45,52);;/q;+1;-1/t26-,27-;;/m0../s1. The van der Waals surface area contributed by atoms with Gasteiger partial charge < -0.3 is 27.2 Å². The molecule has 0 aromatic heterocycles. The summed E-state index contributed by atoms with van der Waals surface area (Å²) in [6.07, 6.45) is -14.2. The second kappa shape index (κ2) is 17.8. The SMILES string of the molecule is COc1cc(CN2C(=O)N([C@@H](CC(C)C)C(=O)N[C@@H](CC(=O)O)c3ccccc3)C(=O)C2(C(F)(F)F)C(F)(F)F)ccc1NC(=O)Nc1ccccc1C.[H-].[Na+]. The number of alkyl halides is 6. The zero-order chi connectivity index (χ0) is 40.2. The molecule has 3 aromatic carbocycles. The number of methoxy groups -OCH3 is 1. The summed E-state index contributed by atoms with van der Waals surface area (Å²) < 4.78 is 94.7. The first-order valence-corrected chi connectivity index (χ1v) is 16.4. The Labute approximate surface area is 335 Å². The normalized spacial score (nSPS) is 15.3. The van der Waals surface area contributed by atoms with E-state index >= 15 is 0 Å². The largest absolute Gasteiger partial charge is 1.00 e. The monoisotopic (exact) mass is 789 g/mol. The van der Waals surface area contributed by atoms with E-state index in [1.165, 1.54) is 38.1 Å². The maximum Gasteiger partial charge on any atom is 1.00 e. The fourth-order valence-electron chi connectivity index (χ4n) is 6.09. The number of carbonyl (C=O) groups excluding carboxylic acids is 4. The van der Waals surface area contributed by atoms with Crippen LogP contribution in [0.25, 0.3) is 0 Å². The summed E-state index contributed by atoms with van der Waals surface area (Å²) in [6, 6.07) is 11.0. The first-order chi connectivity index (χ1) is 25.2. The molecule has 19 heteroatoms. The molecule has 6 amide bonds. The average molecular weight is 790 g/mol. The van der Waals surface area contributed by atoms with E-state index in [4.69, 9.17) is 4.74 Å². The van der Waals surface area contributed by atoms with Crippen LogP contribution < -0.4 is 50.2 Å². The van der Waals surface area contributed by atoms with E-state index in [1.54, 1.807) is 37.3 Å². The fourth-order valence-corrected chi connectivity index (χ4v) is 6.09. The number of halogens is 6. The molecule has 2 atom stereocenters. The van der Waals surface area contributed by atoms with Crippen molar-refractivity contribution in [1.29, 1.82) is 0 Å². The number of benzene rings is 3. The molecular formula is C36H38F6N5NaO7. The van der Waals surface area contributed by atoms with E-state index in [2.05, 4.69) is 16.0 Å². The Morgan fingerprint density at radius 2 is 1.47 bits per heavy atom. The fraction of sp³-hybridized carbons (Fsp3) is 0.361. The number of carboxylic acid groups (broad SMARTS) is 1. The number of amides is 6. The van der Waals surface area contributed by atoms with Gasteiger partial charge in [-0.15, -0.1) is 0 Å². The Morgan fingerprint density at radius 1 is 0.891 bits per heavy atom. The van der Waals surface area contributed by atoms with Crippen LogP contribution in [0.3, 0.4) is 0 Å². The van der Waals surface area contributed by atoms with Gasteiger partial charge in [-0.05, 0) is 54.2 Å². The van der Waals surface area contributed by atoms with Crippen LogP contribution in [-0.2, 0) is 20.9 Å². The number of carbonyl (C=O) groups is 5. The Kier molecular flexibility index (Phi) is 14.4. The minimum atomic E-state index is -6.44. The van der Waals surface area contributed by atoms with Crippen molar-refractivity contribution in [3.05, 3.63) is 89.5 Å². The van der Waals surface area contributed by atoms with E-state index in [9.17, 15) is 55.4 Å². The number of aryl methyl sites for hydroxylation is 1. The molecule has 1 saturated heterocycles. The first-order valence-electron chi connectivity index (χ1n) is 16.4. The number of hydrogen-bond donors (Lipinski definition) is 4. The van der Waals surface area contributed by atoms with Crippen LogP contribution in [0.1, 0.15) is 50.8 Å². The molecule has 1 fully saturated rings. The van der Waals surface area contributed by atoms with Gasteiger partial charge in [-0.2, -0.15) is 26.3 Å². The molecule has 0 aliphatic carbocycles. The number of rotatable bonds is 13. The molecule has 0 spiro atoms. The molecule has 1 aliphatic heterocycles. The van der Waals surface area contributed by atoms with Crippen molar-refractivity contribution in [2.75, 3.05) is 17.7 Å². The summed E-state index contributed by atoms with van der Waals surface area (Å²) >= 11 is 0. The van der Waals surface area contributed by atoms with Crippen LogP contribution in [0.4, 0.5) is 47.3 Å². The molecule has 1 aliphatic rings. The number of aliphatic carboxylic acids is 1. The number of hydrogen-bond acceptors (Lipinski definition) is 6. The molecule has 0 saturated carbocycles. The van der Waals surface area contributed by atoms with Crippen LogP contribution in [-0.4, -0.2) is 75.8 Å². The van der Waals surface area contributed by atoms with Gasteiger partial charge in [-0.1, -0.05) is 68.4 Å². The molecule has 55 heavy (non-hydrogen) atoms. The van der Waals surface area contributed by atoms with Crippen molar-refractivity contribution < 1.29 is 91.1 Å². The molecule has 3 aromatic rings. The Morgan fingerprint density at radius 3 is 2.02 bits per heavy atom. The molecule has 12 nitrogen and oxygen atoms in total. The Balaban J connectivity index is 0.00000541. The van der Waals surface area contributed by atoms with Gasteiger partial charge in [-0.3, -0.25) is 19.3 Å². The smallest absolute Gasteiger partial charge is 1.00 e. The van der Waals surface area contributed by atoms with Gasteiger partial charge in [0.05, 0.1) is 25.3 Å². The van der Waals surface area contributed by atoms with Crippen molar-refractivity contribution in [2.24, 2.45) is 5.92 Å². The molecule has 292 valence electrons. The summed E-state index contributed by atoms with van der Waals surface area (Å²) in [5.41, 5.74) is -4.44. The number of para-hydroxylation sites is 1. The Bertz CT molecular complexity index is 1890. The Hall–Kier alpha value is -4.81. The zero-order valence-electron chi connectivity index (χ0n) is 31.3. The van der Waals surface area contributed by atoms with Gasteiger partial charge in [0.2, 0.25) is 5.91 Å². The van der Waals surface area contributed by atoms with Crippen LogP contribution in [0.5, 0.6) is 5.75 Å². The van der Waals surface area contributed by atoms with E-state index in [1.807, 2.05) is 0 Å². The molecule has 0 radical (unpaired) electrons. The van der Waals surface area contributed by atoms with Crippen molar-refractivity contribution in [1.82, 2.24) is 15.1 Å². The third-order valence-electron chi connectivity index (χ3n) is 8.64. The molecule has 4 rings (SSSR count). The van der Waals surface area contributed by atoms with Crippen LogP contribution >= 0.6 is 0 Å². The number of urea groups is 2. The summed E-state index contributed by atoms with van der Waals surface area (Å²) in [4.78, 5) is 64.7. The van der Waals surface area contributed by atoms with Crippen LogP contribution in [0, 0.1) is 12.8 Å². The van der Waals surface area contributed by atoms with Crippen molar-refractivity contribution in [3.63, 3.8) is 0 Å². The molecule has 1 heterocycles. The van der Waals surface area contributed by atoms with Crippen molar-refractivity contribution in [2.45, 2.75) is 70.1 Å². The van der Waals surface area contributed by atoms with Gasteiger partial charge in [-0.25, -0.2) is 14.5 Å². The van der Waals surface area contributed by atoms with Crippen LogP contribution in [0.15, 0.2) is 72.8 Å². The number of ether oxygens (including phenoxy) is 1. The van der Waals surface area contributed by atoms with Gasteiger partial charge in [0.15, 0.2) is 0 Å². The summed E-state index contributed by atoms with van der Waals surface area (Å²) in [6.45, 7) is 3.20. The quantitative estimate of drug-likeness (QED) is 0.115. The topological polar surface area (TPSA) is 157 Å². The maximum atomic E-state index is 14.9. The summed E-state index contributed by atoms with van der Waals surface area (Å²) in [5, 5.41) is 16.8. The molecule has 0 bridgehead atoms. The first kappa shape index (κ1) is 44.6. The minimum absolute atomic E-state index is 0. The van der Waals surface area contributed by atoms with E-state index in [0.717, 1.165) is 30.9 Å². The second-order valence-electron chi connectivity index (χ2n) is 12.9. The second-order valence-corrected chi connectivity index (χ2v) is 12.9. The third-order valence-corrected chi connectivity index (χ3v) is 8.64. The van der Waals surface area contributed by atoms with Gasteiger partial charge in [0.25, 0.3) is 5.91 Å². The predicted molar refractivity (Wildman–Crippen MR) is 183 cm³/mol. The van der Waals surface area contributed by atoms with E-state index in [0.29, 0.717) is 5.69 Å². The third kappa shape index (κ3) is 9.53. The summed E-state index contributed by atoms with van der Waals surface area (Å²) in [5.74, 6) is -6.37. The average Bonchev–Trinajstić information content (AvgIpc) is 3.30. The van der Waals surface area contributed by atoms with Crippen molar-refractivity contribution >= 4 is 41.2 Å². The van der Waals surface area contributed by atoms with Gasteiger partial charge >= 0.3 is 65.5 Å². The molecular weight excluding hydrogens is 751 g/mol. The van der Waals surface area contributed by atoms with Gasteiger partial charge in [0, 0.05) is 12.2 Å².